The smallest absolute Gasteiger partial charge is 0.417 e. The molecule has 1 heterocycles. The fraction of sp³-hybridized carbons (Fsp3) is 0.304. The van der Waals surface area contributed by atoms with Crippen LogP contribution in [0.3, 0.4) is 0 Å². The molecule has 1 saturated heterocycles. The Morgan fingerprint density at radius 3 is 2.29 bits per heavy atom. The summed E-state index contributed by atoms with van der Waals surface area (Å²) in [5.41, 5.74) is 3.19. The number of nitrogens with zero attached hydrogens (tertiary/aromatic N) is 1. The number of carbonyl (C=O) groups excluding carboxylic acids is 2. The number of benzene rings is 2. The van der Waals surface area contributed by atoms with E-state index in [-0.39, 0.29) is 17.0 Å². The molecule has 0 bridgehead atoms. The van der Waals surface area contributed by atoms with Gasteiger partial charge in [-0.25, -0.2) is 0 Å². The second kappa shape index (κ2) is 10.0. The third-order valence-electron chi connectivity index (χ3n) is 5.61. The number of nitrogen functional groups attached to an aromatic ring is 1. The summed E-state index contributed by atoms with van der Waals surface area (Å²) in [4.78, 5) is 38.1. The molecule has 3 rings (SSSR count). The van der Waals surface area contributed by atoms with Gasteiger partial charge >= 0.3 is 12.1 Å². The molecular formula is C23H23F3N4O5. The number of hydrogen-bond donors (Lipinski definition) is 5. The fourth-order valence-electron chi connectivity index (χ4n) is 3.85. The van der Waals surface area contributed by atoms with E-state index in [0.29, 0.717) is 32.0 Å². The third kappa shape index (κ3) is 5.89. The van der Waals surface area contributed by atoms with Gasteiger partial charge in [-0.3, -0.25) is 19.8 Å². The number of carboxylic acid groups (broad SMARTS) is 1. The van der Waals surface area contributed by atoms with Crippen LogP contribution in [0.4, 0.5) is 13.2 Å². The van der Waals surface area contributed by atoms with Crippen molar-refractivity contribution in [2.45, 2.75) is 31.5 Å². The summed E-state index contributed by atoms with van der Waals surface area (Å²) in [7, 11) is 0. The second-order valence-corrected chi connectivity index (χ2v) is 8.07. The molecule has 0 radical (unpaired) electrons. The van der Waals surface area contributed by atoms with Gasteiger partial charge in [-0.1, -0.05) is 0 Å². The first-order valence-corrected chi connectivity index (χ1v) is 10.6. The Morgan fingerprint density at radius 2 is 1.71 bits per heavy atom. The van der Waals surface area contributed by atoms with Crippen LogP contribution in [0.15, 0.2) is 36.4 Å². The number of aliphatic carboxylic acids is 1. The molecule has 12 heteroatoms. The average molecular weight is 492 g/mol. The summed E-state index contributed by atoms with van der Waals surface area (Å²) in [6.07, 6.45) is -4.25. The number of likely N-dealkylation sites (tertiary alicyclic amines) is 1. The minimum atomic E-state index is -4.92. The normalized spacial score (nSPS) is 14.4. The van der Waals surface area contributed by atoms with E-state index in [1.807, 2.05) is 0 Å². The number of aromatic hydroxyl groups is 1. The number of carbonyl (C=O) groups is 3. The Balaban J connectivity index is 1.96. The molecule has 0 aromatic heterocycles. The number of amidine groups is 1. The molecule has 1 aliphatic heterocycles. The van der Waals surface area contributed by atoms with Crippen LogP contribution in [-0.2, 0) is 11.0 Å². The van der Waals surface area contributed by atoms with Crippen molar-refractivity contribution >= 4 is 23.6 Å². The average Bonchev–Trinajstić information content (AvgIpc) is 3.32. The number of carboxylic acids is 1. The number of phenols is 1. The highest BCUT2D eigenvalue weighted by Gasteiger charge is 2.37. The lowest BCUT2D eigenvalue weighted by molar-refractivity contribution is -0.138. The van der Waals surface area contributed by atoms with Gasteiger partial charge in [0.1, 0.15) is 11.6 Å². The molecule has 0 aliphatic carbocycles. The number of alkyl halides is 3. The van der Waals surface area contributed by atoms with Gasteiger partial charge in [-0.15, -0.1) is 0 Å². The number of hydrogen-bond acceptors (Lipinski definition) is 5. The van der Waals surface area contributed by atoms with Gasteiger partial charge in [0, 0.05) is 29.8 Å². The lowest BCUT2D eigenvalue weighted by Gasteiger charge is -2.21. The maximum Gasteiger partial charge on any atom is 0.417 e. The first-order valence-electron chi connectivity index (χ1n) is 10.6. The third-order valence-corrected chi connectivity index (χ3v) is 5.61. The second-order valence-electron chi connectivity index (χ2n) is 8.07. The molecule has 0 saturated carbocycles. The first kappa shape index (κ1) is 25.5. The van der Waals surface area contributed by atoms with Crippen LogP contribution in [0.2, 0.25) is 0 Å². The quantitative estimate of drug-likeness (QED) is 0.296. The van der Waals surface area contributed by atoms with E-state index in [1.54, 1.807) is 0 Å². The number of amides is 2. The van der Waals surface area contributed by atoms with Crippen LogP contribution in [0.25, 0.3) is 0 Å². The molecule has 2 aromatic carbocycles. The SMILES string of the molecule is N=C(N)c1ccc(O)c(C(CC(=O)O)NC(=O)c2ccc(C(=O)N3CCCC3)c(C(F)(F)F)c2)c1. The van der Waals surface area contributed by atoms with Crippen LogP contribution in [0, 0.1) is 5.41 Å². The Hall–Kier alpha value is -4.09. The molecular weight excluding hydrogens is 469 g/mol. The van der Waals surface area contributed by atoms with Gasteiger partial charge < -0.3 is 26.2 Å². The van der Waals surface area contributed by atoms with Crippen molar-refractivity contribution in [1.29, 1.82) is 5.41 Å². The molecule has 1 atom stereocenters. The van der Waals surface area contributed by atoms with Gasteiger partial charge in [0.2, 0.25) is 0 Å². The maximum atomic E-state index is 13.8. The Kier molecular flexibility index (Phi) is 7.32. The zero-order valence-corrected chi connectivity index (χ0v) is 18.4. The summed E-state index contributed by atoms with van der Waals surface area (Å²) in [5, 5.41) is 29.3. The molecule has 0 spiro atoms. The standard InChI is InChI=1S/C23H23F3N4O5/c24-23(25,26)16-10-13(3-5-14(16)22(35)30-7-1-2-8-30)21(34)29-17(11-19(32)33)15-9-12(20(27)28)4-6-18(15)31/h3-6,9-10,17,31H,1-2,7-8,11H2,(H3,27,28)(H,29,34)(H,32,33). The number of nitrogens with two attached hydrogens (primary N) is 1. The van der Waals surface area contributed by atoms with Crippen molar-refractivity contribution < 1.29 is 37.8 Å². The van der Waals surface area contributed by atoms with Crippen molar-refractivity contribution in [2.75, 3.05) is 13.1 Å². The summed E-state index contributed by atoms with van der Waals surface area (Å²) in [6.45, 7) is 0.691. The molecule has 186 valence electrons. The van der Waals surface area contributed by atoms with E-state index in [2.05, 4.69) is 5.32 Å². The van der Waals surface area contributed by atoms with Crippen LogP contribution in [0.1, 0.15) is 62.7 Å². The zero-order chi connectivity index (χ0) is 25.9. The summed E-state index contributed by atoms with van der Waals surface area (Å²) < 4.78 is 41.3. The number of halogens is 3. The maximum absolute atomic E-state index is 13.8. The van der Waals surface area contributed by atoms with E-state index in [1.165, 1.54) is 17.0 Å². The number of phenolic OH excluding ortho intramolecular Hbond substituents is 1. The molecule has 1 aliphatic rings. The molecule has 9 nitrogen and oxygen atoms in total. The molecule has 2 aromatic rings. The first-order chi connectivity index (χ1) is 16.4. The van der Waals surface area contributed by atoms with Crippen LogP contribution < -0.4 is 11.1 Å². The van der Waals surface area contributed by atoms with E-state index in [0.717, 1.165) is 18.2 Å². The van der Waals surface area contributed by atoms with E-state index in [9.17, 15) is 37.8 Å². The summed E-state index contributed by atoms with van der Waals surface area (Å²) >= 11 is 0. The Labute approximate surface area is 197 Å². The monoisotopic (exact) mass is 492 g/mol. The van der Waals surface area contributed by atoms with Gasteiger partial charge in [0.15, 0.2) is 0 Å². The lowest BCUT2D eigenvalue weighted by Crippen LogP contribution is -2.32. The predicted octanol–water partition coefficient (Wildman–Crippen LogP) is 2.88. The van der Waals surface area contributed by atoms with Crippen LogP contribution in [-0.4, -0.2) is 51.8 Å². The van der Waals surface area contributed by atoms with Gasteiger partial charge in [0.05, 0.1) is 23.6 Å². The highest BCUT2D eigenvalue weighted by molar-refractivity contribution is 6.00. The largest absolute Gasteiger partial charge is 0.508 e. The Morgan fingerprint density at radius 1 is 1.09 bits per heavy atom. The predicted molar refractivity (Wildman–Crippen MR) is 118 cm³/mol. The summed E-state index contributed by atoms with van der Waals surface area (Å²) in [5.74, 6) is -3.96. The van der Waals surface area contributed by atoms with Crippen molar-refractivity contribution in [3.63, 3.8) is 0 Å². The van der Waals surface area contributed by atoms with E-state index in [4.69, 9.17) is 11.1 Å². The van der Waals surface area contributed by atoms with Crippen molar-refractivity contribution in [3.05, 3.63) is 64.2 Å². The van der Waals surface area contributed by atoms with Gasteiger partial charge in [-0.2, -0.15) is 13.2 Å². The Bertz CT molecular complexity index is 1180. The molecule has 1 fully saturated rings. The van der Waals surface area contributed by atoms with Crippen LogP contribution in [0.5, 0.6) is 5.75 Å². The highest BCUT2D eigenvalue weighted by Crippen LogP contribution is 2.34. The van der Waals surface area contributed by atoms with Crippen molar-refractivity contribution in [1.82, 2.24) is 10.2 Å². The van der Waals surface area contributed by atoms with Crippen molar-refractivity contribution in [2.24, 2.45) is 5.73 Å². The fourth-order valence-corrected chi connectivity index (χ4v) is 3.85. The highest BCUT2D eigenvalue weighted by atomic mass is 19.4. The number of nitrogens with one attached hydrogen (secondary N) is 2. The van der Waals surface area contributed by atoms with Gasteiger partial charge in [0.25, 0.3) is 11.8 Å². The number of rotatable bonds is 7. The van der Waals surface area contributed by atoms with E-state index < -0.39 is 58.9 Å². The molecule has 2 amide bonds. The molecule has 35 heavy (non-hydrogen) atoms. The minimum absolute atomic E-state index is 0.0784. The van der Waals surface area contributed by atoms with Crippen LogP contribution >= 0.6 is 0 Å². The lowest BCUT2D eigenvalue weighted by atomic mass is 9.98. The topological polar surface area (TPSA) is 157 Å². The minimum Gasteiger partial charge on any atom is -0.508 e. The summed E-state index contributed by atoms with van der Waals surface area (Å²) in [6, 6.07) is 4.86. The van der Waals surface area contributed by atoms with Crippen molar-refractivity contribution in [3.8, 4) is 5.75 Å². The molecule has 1 unspecified atom stereocenters. The van der Waals surface area contributed by atoms with Gasteiger partial charge in [-0.05, 0) is 49.2 Å². The van der Waals surface area contributed by atoms with E-state index >= 15 is 0 Å². The molecule has 6 N–H and O–H groups in total. The zero-order valence-electron chi connectivity index (χ0n) is 18.4.